The van der Waals surface area contributed by atoms with Gasteiger partial charge in [-0.15, -0.1) is 0 Å². The van der Waals surface area contributed by atoms with Crippen LogP contribution in [0.15, 0.2) is 33.7 Å². The molecule has 0 saturated carbocycles. The summed E-state index contributed by atoms with van der Waals surface area (Å²) < 4.78 is 5.56. The molecule has 1 aliphatic carbocycles. The van der Waals surface area contributed by atoms with Gasteiger partial charge in [-0.2, -0.15) is 0 Å². The lowest BCUT2D eigenvalue weighted by atomic mass is 9.88. The van der Waals surface area contributed by atoms with Gasteiger partial charge in [0.05, 0.1) is 13.1 Å². The molecule has 3 rings (SSSR count). The van der Waals surface area contributed by atoms with Crippen molar-refractivity contribution >= 4 is 5.96 Å². The summed E-state index contributed by atoms with van der Waals surface area (Å²) in [5.41, 5.74) is 2.31. The summed E-state index contributed by atoms with van der Waals surface area (Å²) in [7, 11) is 0. The number of hydrogen-bond donors (Lipinski definition) is 4. The second kappa shape index (κ2) is 8.69. The van der Waals surface area contributed by atoms with E-state index in [9.17, 15) is 10.2 Å². The number of rotatable bonds is 6. The van der Waals surface area contributed by atoms with Gasteiger partial charge in [0.2, 0.25) is 0 Å². The van der Waals surface area contributed by atoms with E-state index in [1.54, 1.807) is 19.1 Å². The van der Waals surface area contributed by atoms with Gasteiger partial charge in [0.25, 0.3) is 0 Å². The van der Waals surface area contributed by atoms with Crippen molar-refractivity contribution in [3.05, 3.63) is 52.5 Å². The van der Waals surface area contributed by atoms with E-state index in [0.29, 0.717) is 30.6 Å². The molecule has 0 amide bonds. The Kier molecular flexibility index (Phi) is 6.29. The molecule has 0 spiro atoms. The quantitative estimate of drug-likeness (QED) is 0.453. The standard InChI is InChI=1S/C22H31N3O3/c1-4-23-21(25-14-22(3,27)20-12-9-15(2)28-20)24-13-18-17-8-6-5-7-16(17)10-11-19(18)26/h9-12,26-27H,4-8,13-14H2,1-3H3,(H2,23,24,25). The van der Waals surface area contributed by atoms with Crippen LogP contribution in [-0.2, 0) is 25.0 Å². The van der Waals surface area contributed by atoms with Crippen LogP contribution in [0.3, 0.4) is 0 Å². The fourth-order valence-electron chi connectivity index (χ4n) is 3.64. The zero-order valence-corrected chi connectivity index (χ0v) is 17.0. The Morgan fingerprint density at radius 1 is 1.18 bits per heavy atom. The number of phenolic OH excluding ortho intramolecular Hbond substituents is 1. The lowest BCUT2D eigenvalue weighted by Gasteiger charge is -2.23. The molecule has 6 heteroatoms. The van der Waals surface area contributed by atoms with Gasteiger partial charge >= 0.3 is 0 Å². The molecule has 28 heavy (non-hydrogen) atoms. The van der Waals surface area contributed by atoms with Crippen molar-refractivity contribution in [1.29, 1.82) is 0 Å². The Labute approximate surface area is 166 Å². The first-order valence-corrected chi connectivity index (χ1v) is 10.0. The van der Waals surface area contributed by atoms with Gasteiger partial charge in [0.15, 0.2) is 5.96 Å². The molecule has 1 aromatic heterocycles. The highest BCUT2D eigenvalue weighted by molar-refractivity contribution is 5.79. The van der Waals surface area contributed by atoms with E-state index in [0.717, 1.165) is 30.6 Å². The highest BCUT2D eigenvalue weighted by Crippen LogP contribution is 2.31. The van der Waals surface area contributed by atoms with Crippen LogP contribution < -0.4 is 10.6 Å². The molecule has 1 heterocycles. The molecule has 1 unspecified atom stereocenters. The zero-order chi connectivity index (χ0) is 20.1. The first kappa shape index (κ1) is 20.3. The van der Waals surface area contributed by atoms with E-state index in [4.69, 9.17) is 4.42 Å². The Hall–Kier alpha value is -2.47. The minimum atomic E-state index is -1.15. The molecule has 0 radical (unpaired) electrons. The van der Waals surface area contributed by atoms with Crippen LogP contribution in [0.2, 0.25) is 0 Å². The average Bonchev–Trinajstić information content (AvgIpc) is 3.12. The lowest BCUT2D eigenvalue weighted by molar-refractivity contribution is 0.0378. The predicted molar refractivity (Wildman–Crippen MR) is 111 cm³/mol. The van der Waals surface area contributed by atoms with Crippen molar-refractivity contribution in [2.75, 3.05) is 13.1 Å². The first-order valence-electron chi connectivity index (χ1n) is 10.0. The van der Waals surface area contributed by atoms with Crippen LogP contribution in [0.1, 0.15) is 54.9 Å². The monoisotopic (exact) mass is 385 g/mol. The summed E-state index contributed by atoms with van der Waals surface area (Å²) in [6.07, 6.45) is 4.41. The molecule has 152 valence electrons. The van der Waals surface area contributed by atoms with Gasteiger partial charge in [-0.1, -0.05) is 6.07 Å². The molecule has 0 bridgehead atoms. The van der Waals surface area contributed by atoms with E-state index in [2.05, 4.69) is 15.6 Å². The number of aryl methyl sites for hydroxylation is 2. The fourth-order valence-corrected chi connectivity index (χ4v) is 3.64. The molecule has 6 nitrogen and oxygen atoms in total. The van der Waals surface area contributed by atoms with E-state index in [1.807, 2.05) is 26.0 Å². The van der Waals surface area contributed by atoms with Gasteiger partial charge in [-0.3, -0.25) is 0 Å². The van der Waals surface area contributed by atoms with Gasteiger partial charge in [0.1, 0.15) is 22.9 Å². The number of furan rings is 1. The van der Waals surface area contributed by atoms with Crippen molar-refractivity contribution in [3.8, 4) is 5.75 Å². The molecule has 0 aliphatic heterocycles. The van der Waals surface area contributed by atoms with Gasteiger partial charge < -0.3 is 25.3 Å². The number of nitrogens with zero attached hydrogens (tertiary/aromatic N) is 1. The van der Waals surface area contributed by atoms with Gasteiger partial charge in [0, 0.05) is 12.1 Å². The van der Waals surface area contributed by atoms with Crippen LogP contribution in [0, 0.1) is 6.92 Å². The lowest BCUT2D eigenvalue weighted by Crippen LogP contribution is -2.44. The van der Waals surface area contributed by atoms with Crippen molar-refractivity contribution in [3.63, 3.8) is 0 Å². The molecule has 4 N–H and O–H groups in total. The molecule has 2 aromatic rings. The van der Waals surface area contributed by atoms with Crippen LogP contribution in [-0.4, -0.2) is 29.3 Å². The largest absolute Gasteiger partial charge is 0.508 e. The Balaban J connectivity index is 1.73. The first-order chi connectivity index (χ1) is 13.4. The maximum Gasteiger partial charge on any atom is 0.191 e. The second-order valence-electron chi connectivity index (χ2n) is 7.64. The Morgan fingerprint density at radius 3 is 2.68 bits per heavy atom. The van der Waals surface area contributed by atoms with E-state index < -0.39 is 5.60 Å². The molecular weight excluding hydrogens is 354 g/mol. The highest BCUT2D eigenvalue weighted by Gasteiger charge is 2.27. The number of aromatic hydroxyl groups is 1. The molecular formula is C22H31N3O3. The number of nitrogens with one attached hydrogen (secondary N) is 2. The van der Waals surface area contributed by atoms with Crippen molar-refractivity contribution in [1.82, 2.24) is 10.6 Å². The molecule has 1 aromatic carbocycles. The number of phenols is 1. The predicted octanol–water partition coefficient (Wildman–Crippen LogP) is 3.14. The maximum atomic E-state index is 10.7. The minimum Gasteiger partial charge on any atom is -0.508 e. The Bertz CT molecular complexity index is 840. The summed E-state index contributed by atoms with van der Waals surface area (Å²) in [6, 6.07) is 7.43. The van der Waals surface area contributed by atoms with Crippen LogP contribution >= 0.6 is 0 Å². The van der Waals surface area contributed by atoms with Crippen molar-refractivity contribution in [2.45, 2.75) is 58.6 Å². The molecule has 1 aliphatic rings. The van der Waals surface area contributed by atoms with E-state index in [-0.39, 0.29) is 6.54 Å². The molecule has 1 atom stereocenters. The topological polar surface area (TPSA) is 90.0 Å². The number of fused-ring (bicyclic) bond motifs is 1. The van der Waals surface area contributed by atoms with Crippen molar-refractivity contribution in [2.24, 2.45) is 4.99 Å². The van der Waals surface area contributed by atoms with Gasteiger partial charge in [-0.25, -0.2) is 4.99 Å². The summed E-state index contributed by atoms with van der Waals surface area (Å²) >= 11 is 0. The maximum absolute atomic E-state index is 10.7. The van der Waals surface area contributed by atoms with Crippen LogP contribution in [0.5, 0.6) is 5.75 Å². The highest BCUT2D eigenvalue weighted by atomic mass is 16.4. The third kappa shape index (κ3) is 4.68. The molecule has 0 fully saturated rings. The average molecular weight is 386 g/mol. The van der Waals surface area contributed by atoms with Gasteiger partial charge in [-0.05, 0) is 75.8 Å². The number of guanidine groups is 1. The smallest absolute Gasteiger partial charge is 0.191 e. The summed E-state index contributed by atoms with van der Waals surface area (Å²) in [4.78, 5) is 4.65. The number of benzene rings is 1. The molecule has 0 saturated heterocycles. The number of aliphatic hydroxyl groups is 1. The summed E-state index contributed by atoms with van der Waals surface area (Å²) in [5, 5.41) is 27.5. The number of hydrogen-bond acceptors (Lipinski definition) is 4. The van der Waals surface area contributed by atoms with Crippen LogP contribution in [0.4, 0.5) is 0 Å². The second-order valence-corrected chi connectivity index (χ2v) is 7.64. The third-order valence-corrected chi connectivity index (χ3v) is 5.24. The SMILES string of the molecule is CCNC(=NCc1c(O)ccc2c1CCCC2)NCC(C)(O)c1ccc(C)o1. The van der Waals surface area contributed by atoms with Crippen LogP contribution in [0.25, 0.3) is 0 Å². The van der Waals surface area contributed by atoms with E-state index in [1.165, 1.54) is 17.5 Å². The summed E-state index contributed by atoms with van der Waals surface area (Å²) in [5.74, 6) is 2.18. The zero-order valence-electron chi connectivity index (χ0n) is 17.0. The normalized spacial score (nSPS) is 16.4. The van der Waals surface area contributed by atoms with Crippen molar-refractivity contribution < 1.29 is 14.6 Å². The number of aliphatic imine (C=N–C) groups is 1. The Morgan fingerprint density at radius 2 is 1.96 bits per heavy atom. The third-order valence-electron chi connectivity index (χ3n) is 5.24. The fraction of sp³-hybridized carbons (Fsp3) is 0.500. The van der Waals surface area contributed by atoms with E-state index >= 15 is 0 Å². The summed E-state index contributed by atoms with van der Waals surface area (Å²) in [6.45, 7) is 6.91. The minimum absolute atomic E-state index is 0.255.